The molecule has 0 bridgehead atoms. The van der Waals surface area contributed by atoms with E-state index in [2.05, 4.69) is 38.7 Å². The molecule has 1 aliphatic heterocycles. The third kappa shape index (κ3) is 4.11. The van der Waals surface area contributed by atoms with Gasteiger partial charge in [-0.05, 0) is 54.2 Å². The summed E-state index contributed by atoms with van der Waals surface area (Å²) in [5.41, 5.74) is 2.91. The molecule has 1 aliphatic carbocycles. The number of imide groups is 1. The summed E-state index contributed by atoms with van der Waals surface area (Å²) >= 11 is 3.42. The number of nitrogens with one attached hydrogen (secondary N) is 2. The van der Waals surface area contributed by atoms with E-state index >= 15 is 0 Å². The predicted octanol–water partition coefficient (Wildman–Crippen LogP) is 3.40. The summed E-state index contributed by atoms with van der Waals surface area (Å²) < 4.78 is 1.03. The molecule has 1 saturated heterocycles. The van der Waals surface area contributed by atoms with Crippen LogP contribution < -0.4 is 10.6 Å². The Morgan fingerprint density at radius 2 is 1.78 bits per heavy atom. The van der Waals surface area contributed by atoms with Gasteiger partial charge in [-0.2, -0.15) is 0 Å². The number of carbonyl (C=O) groups is 3. The molecule has 5 nitrogen and oxygen atoms in total. The summed E-state index contributed by atoms with van der Waals surface area (Å²) in [4.78, 5) is 35.4. The second-order valence-corrected chi connectivity index (χ2v) is 8.12. The van der Waals surface area contributed by atoms with E-state index in [0.717, 1.165) is 22.1 Å². The van der Waals surface area contributed by atoms with Crippen molar-refractivity contribution in [1.82, 2.24) is 5.32 Å². The normalized spacial score (nSPS) is 23.8. The number of benzene rings is 2. The minimum Gasteiger partial charge on any atom is -0.326 e. The summed E-state index contributed by atoms with van der Waals surface area (Å²) in [5, 5.41) is 5.30. The third-order valence-corrected chi connectivity index (χ3v) is 5.72. The third-order valence-electron chi connectivity index (χ3n) is 5.19. The van der Waals surface area contributed by atoms with Gasteiger partial charge in [-0.3, -0.25) is 19.7 Å². The Kier molecular flexibility index (Phi) is 4.83. The summed E-state index contributed by atoms with van der Waals surface area (Å²) in [7, 11) is 0. The molecule has 4 rings (SSSR count). The quantitative estimate of drug-likeness (QED) is 0.719. The van der Waals surface area contributed by atoms with Gasteiger partial charge in [0.1, 0.15) is 0 Å². The largest absolute Gasteiger partial charge is 0.326 e. The number of carbonyl (C=O) groups excluding carboxylic acids is 3. The molecule has 27 heavy (non-hydrogen) atoms. The molecule has 3 atom stereocenters. The Balaban J connectivity index is 1.32. The van der Waals surface area contributed by atoms with Crippen molar-refractivity contribution < 1.29 is 14.4 Å². The second-order valence-electron chi connectivity index (χ2n) is 7.20. The Bertz CT molecular complexity index is 893. The van der Waals surface area contributed by atoms with Gasteiger partial charge in [0.2, 0.25) is 17.7 Å². The van der Waals surface area contributed by atoms with Crippen LogP contribution in [0, 0.1) is 11.8 Å². The second kappa shape index (κ2) is 7.27. The highest BCUT2D eigenvalue weighted by Crippen LogP contribution is 2.48. The number of hydrogen-bond acceptors (Lipinski definition) is 3. The van der Waals surface area contributed by atoms with Crippen molar-refractivity contribution in [3.8, 4) is 0 Å². The smallest absolute Gasteiger partial charge is 0.230 e. The van der Waals surface area contributed by atoms with E-state index in [1.807, 2.05) is 36.4 Å². The van der Waals surface area contributed by atoms with E-state index in [4.69, 9.17) is 0 Å². The molecule has 2 aliphatic rings. The molecule has 2 N–H and O–H groups in total. The van der Waals surface area contributed by atoms with Crippen molar-refractivity contribution in [2.75, 3.05) is 5.32 Å². The average Bonchev–Trinajstić information content (AvgIpc) is 3.38. The Morgan fingerprint density at radius 1 is 1.07 bits per heavy atom. The lowest BCUT2D eigenvalue weighted by Crippen LogP contribution is -2.22. The lowest BCUT2D eigenvalue weighted by atomic mass is 9.98. The van der Waals surface area contributed by atoms with E-state index < -0.39 is 0 Å². The van der Waals surface area contributed by atoms with Crippen molar-refractivity contribution in [1.29, 1.82) is 0 Å². The molecule has 0 aromatic heterocycles. The zero-order valence-electron chi connectivity index (χ0n) is 14.6. The Hall–Kier alpha value is -2.47. The monoisotopic (exact) mass is 426 g/mol. The van der Waals surface area contributed by atoms with Gasteiger partial charge in [-0.25, -0.2) is 0 Å². The SMILES string of the molecule is O=C1CC(Cc2ccc(NC(=O)C3CC3c3ccc(Br)cc3)cc2)C(=O)N1. The highest BCUT2D eigenvalue weighted by Gasteiger charge is 2.43. The fraction of sp³-hybridized carbons (Fsp3) is 0.286. The summed E-state index contributed by atoms with van der Waals surface area (Å²) in [6.07, 6.45) is 1.65. The maximum atomic E-state index is 12.5. The molecule has 3 amide bonds. The molecule has 1 saturated carbocycles. The number of amides is 3. The molecule has 1 heterocycles. The fourth-order valence-corrected chi connectivity index (χ4v) is 3.84. The van der Waals surface area contributed by atoms with Crippen LogP contribution in [0.2, 0.25) is 0 Å². The predicted molar refractivity (Wildman–Crippen MR) is 105 cm³/mol. The molecule has 138 valence electrons. The van der Waals surface area contributed by atoms with E-state index in [1.54, 1.807) is 0 Å². The van der Waals surface area contributed by atoms with Crippen LogP contribution in [0.5, 0.6) is 0 Å². The zero-order valence-corrected chi connectivity index (χ0v) is 16.2. The topological polar surface area (TPSA) is 75.3 Å². The first-order valence-corrected chi connectivity index (χ1v) is 9.78. The van der Waals surface area contributed by atoms with Gasteiger partial charge in [0.05, 0.1) is 5.92 Å². The van der Waals surface area contributed by atoms with Crippen molar-refractivity contribution in [3.05, 3.63) is 64.1 Å². The highest BCUT2D eigenvalue weighted by atomic mass is 79.9. The van der Waals surface area contributed by atoms with Crippen LogP contribution in [0.3, 0.4) is 0 Å². The molecule has 6 heteroatoms. The van der Waals surface area contributed by atoms with Crippen LogP contribution in [0.15, 0.2) is 53.0 Å². The number of anilines is 1. The van der Waals surface area contributed by atoms with Crippen molar-refractivity contribution in [2.45, 2.75) is 25.2 Å². The molecular formula is C21H19BrN2O3. The van der Waals surface area contributed by atoms with Gasteiger partial charge >= 0.3 is 0 Å². The van der Waals surface area contributed by atoms with Gasteiger partial charge in [0.15, 0.2) is 0 Å². The molecule has 0 radical (unpaired) electrons. The van der Waals surface area contributed by atoms with Crippen LogP contribution in [-0.4, -0.2) is 17.7 Å². The summed E-state index contributed by atoms with van der Waals surface area (Å²) in [5.74, 6) is -0.369. The lowest BCUT2D eigenvalue weighted by molar-refractivity contribution is -0.125. The van der Waals surface area contributed by atoms with E-state index in [-0.39, 0.29) is 41.9 Å². The lowest BCUT2D eigenvalue weighted by Gasteiger charge is -2.09. The minimum absolute atomic E-state index is 0.0130. The van der Waals surface area contributed by atoms with Crippen LogP contribution in [0.25, 0.3) is 0 Å². The van der Waals surface area contributed by atoms with E-state index in [1.165, 1.54) is 5.56 Å². The first-order valence-electron chi connectivity index (χ1n) is 8.98. The van der Waals surface area contributed by atoms with Crippen molar-refractivity contribution in [2.24, 2.45) is 11.8 Å². The van der Waals surface area contributed by atoms with Gasteiger partial charge < -0.3 is 5.32 Å². The van der Waals surface area contributed by atoms with Crippen LogP contribution >= 0.6 is 15.9 Å². The van der Waals surface area contributed by atoms with Crippen LogP contribution in [-0.2, 0) is 20.8 Å². The van der Waals surface area contributed by atoms with Gasteiger partial charge in [-0.15, -0.1) is 0 Å². The zero-order chi connectivity index (χ0) is 19.0. The Morgan fingerprint density at radius 3 is 2.41 bits per heavy atom. The molecule has 2 aromatic rings. The van der Waals surface area contributed by atoms with E-state index in [0.29, 0.717) is 6.42 Å². The van der Waals surface area contributed by atoms with Crippen LogP contribution in [0.4, 0.5) is 5.69 Å². The van der Waals surface area contributed by atoms with Gasteiger partial charge in [-0.1, -0.05) is 40.2 Å². The van der Waals surface area contributed by atoms with Crippen molar-refractivity contribution in [3.63, 3.8) is 0 Å². The number of hydrogen-bond donors (Lipinski definition) is 2. The summed E-state index contributed by atoms with van der Waals surface area (Å²) in [6.45, 7) is 0. The molecule has 2 fully saturated rings. The number of rotatable bonds is 5. The molecular weight excluding hydrogens is 408 g/mol. The summed E-state index contributed by atoms with van der Waals surface area (Å²) in [6, 6.07) is 15.6. The fourth-order valence-electron chi connectivity index (χ4n) is 3.58. The first kappa shape index (κ1) is 17.9. The Labute approximate surface area is 165 Å². The first-order chi connectivity index (χ1) is 13.0. The molecule has 3 unspecified atom stereocenters. The van der Waals surface area contributed by atoms with Gasteiger partial charge in [0, 0.05) is 22.5 Å². The van der Waals surface area contributed by atoms with E-state index in [9.17, 15) is 14.4 Å². The molecule has 0 spiro atoms. The number of halogens is 1. The molecule has 2 aromatic carbocycles. The minimum atomic E-state index is -0.295. The maximum absolute atomic E-state index is 12.5. The van der Waals surface area contributed by atoms with Crippen LogP contribution in [0.1, 0.15) is 29.9 Å². The van der Waals surface area contributed by atoms with Gasteiger partial charge in [0.25, 0.3) is 0 Å². The average molecular weight is 427 g/mol. The highest BCUT2D eigenvalue weighted by molar-refractivity contribution is 9.10. The van der Waals surface area contributed by atoms with Crippen molar-refractivity contribution >= 4 is 39.3 Å². The standard InChI is InChI=1S/C21H19BrN2O3/c22-15-5-3-13(4-6-15)17-11-18(17)21(27)23-16-7-1-12(2-8-16)9-14-10-19(25)24-20(14)26/h1-8,14,17-18H,9-11H2,(H,23,27)(H,24,25,26). The maximum Gasteiger partial charge on any atom is 0.230 e.